The summed E-state index contributed by atoms with van der Waals surface area (Å²) < 4.78 is 5.08. The van der Waals surface area contributed by atoms with Crippen LogP contribution in [-0.2, 0) is 9.53 Å². The Labute approximate surface area is 123 Å². The Hall–Kier alpha value is -2.11. The molecule has 1 aliphatic rings. The van der Waals surface area contributed by atoms with E-state index in [-0.39, 0.29) is 22.5 Å². The summed E-state index contributed by atoms with van der Waals surface area (Å²) in [6.45, 7) is 5.39. The molecule has 1 aliphatic heterocycles. The Morgan fingerprint density at radius 2 is 2.29 bits per heavy atom. The minimum absolute atomic E-state index is 0.116. The summed E-state index contributed by atoms with van der Waals surface area (Å²) in [5.41, 5.74) is 1.68. The highest BCUT2D eigenvalue weighted by Crippen LogP contribution is 2.28. The number of piperidine rings is 1. The first-order chi connectivity index (χ1) is 10.0. The summed E-state index contributed by atoms with van der Waals surface area (Å²) >= 11 is 0. The van der Waals surface area contributed by atoms with Crippen LogP contribution in [0.1, 0.15) is 25.3 Å². The van der Waals surface area contributed by atoms with Crippen LogP contribution in [0.3, 0.4) is 0 Å². The highest BCUT2D eigenvalue weighted by atomic mass is 16.6. The van der Waals surface area contributed by atoms with Crippen molar-refractivity contribution < 1.29 is 14.5 Å². The predicted octanol–water partition coefficient (Wildman–Crippen LogP) is 2.68. The average molecular weight is 292 g/mol. The van der Waals surface area contributed by atoms with Crippen molar-refractivity contribution in [2.75, 3.05) is 24.6 Å². The number of carbonyl (C=O) groups excluding carboxylic acids is 1. The second kappa shape index (κ2) is 6.56. The second-order valence-electron chi connectivity index (χ2n) is 5.27. The van der Waals surface area contributed by atoms with Crippen LogP contribution in [0.4, 0.5) is 11.4 Å². The van der Waals surface area contributed by atoms with Crippen LogP contribution in [0.25, 0.3) is 0 Å². The van der Waals surface area contributed by atoms with Crippen molar-refractivity contribution >= 4 is 17.3 Å². The number of ether oxygens (including phenoxy) is 1. The molecule has 1 saturated heterocycles. The largest absolute Gasteiger partial charge is 0.466 e. The van der Waals surface area contributed by atoms with Crippen molar-refractivity contribution in [2.45, 2.75) is 26.7 Å². The molecule has 0 spiro atoms. The van der Waals surface area contributed by atoms with Crippen molar-refractivity contribution in [3.05, 3.63) is 33.9 Å². The van der Waals surface area contributed by atoms with Crippen molar-refractivity contribution in [1.82, 2.24) is 0 Å². The number of carbonyl (C=O) groups is 1. The van der Waals surface area contributed by atoms with Crippen LogP contribution >= 0.6 is 0 Å². The fourth-order valence-corrected chi connectivity index (χ4v) is 2.71. The van der Waals surface area contributed by atoms with Crippen LogP contribution in [-0.4, -0.2) is 30.6 Å². The van der Waals surface area contributed by atoms with Gasteiger partial charge in [-0.05, 0) is 38.8 Å². The number of nitrogens with zero attached hydrogens (tertiary/aromatic N) is 2. The first-order valence-corrected chi connectivity index (χ1v) is 7.19. The van der Waals surface area contributed by atoms with Gasteiger partial charge in [-0.2, -0.15) is 0 Å². The molecule has 6 nitrogen and oxygen atoms in total. The van der Waals surface area contributed by atoms with E-state index in [1.165, 1.54) is 6.07 Å². The standard InChI is InChI=1S/C15H20N2O4/c1-3-21-15(18)12-5-4-8-16(10-12)13-6-7-14(17(19)20)11(2)9-13/h6-7,9,12H,3-5,8,10H2,1-2H3/t12-/m0/s1. The highest BCUT2D eigenvalue weighted by molar-refractivity contribution is 5.73. The number of nitro benzene ring substituents is 1. The zero-order chi connectivity index (χ0) is 15.4. The lowest BCUT2D eigenvalue weighted by Crippen LogP contribution is -2.39. The number of hydrogen-bond donors (Lipinski definition) is 0. The van der Waals surface area contributed by atoms with Crippen molar-refractivity contribution in [3.63, 3.8) is 0 Å². The maximum Gasteiger partial charge on any atom is 0.310 e. The molecule has 0 saturated carbocycles. The van der Waals surface area contributed by atoms with Gasteiger partial charge in [0.2, 0.25) is 0 Å². The molecule has 0 amide bonds. The molecule has 0 bridgehead atoms. The van der Waals surface area contributed by atoms with Gasteiger partial charge < -0.3 is 9.64 Å². The molecule has 1 heterocycles. The molecule has 0 unspecified atom stereocenters. The van der Waals surface area contributed by atoms with Gasteiger partial charge in [-0.25, -0.2) is 0 Å². The van der Waals surface area contributed by atoms with Gasteiger partial charge in [0.15, 0.2) is 0 Å². The quantitative estimate of drug-likeness (QED) is 0.484. The van der Waals surface area contributed by atoms with Gasteiger partial charge in [0, 0.05) is 30.4 Å². The number of esters is 1. The van der Waals surface area contributed by atoms with Crippen molar-refractivity contribution in [1.29, 1.82) is 0 Å². The Morgan fingerprint density at radius 3 is 2.90 bits per heavy atom. The summed E-state index contributed by atoms with van der Waals surface area (Å²) in [6.07, 6.45) is 1.75. The molecule has 0 radical (unpaired) electrons. The number of aryl methyl sites for hydroxylation is 1. The van der Waals surface area contributed by atoms with Gasteiger partial charge in [0.1, 0.15) is 0 Å². The lowest BCUT2D eigenvalue weighted by atomic mass is 9.97. The average Bonchev–Trinajstić information content (AvgIpc) is 2.47. The van der Waals surface area contributed by atoms with E-state index >= 15 is 0 Å². The number of nitro groups is 1. The molecule has 6 heteroatoms. The fraction of sp³-hybridized carbons (Fsp3) is 0.533. The van der Waals surface area contributed by atoms with Gasteiger partial charge in [0.05, 0.1) is 17.4 Å². The summed E-state index contributed by atoms with van der Waals surface area (Å²) in [5.74, 6) is -0.268. The van der Waals surface area contributed by atoms with E-state index < -0.39 is 0 Å². The van der Waals surface area contributed by atoms with E-state index in [1.54, 1.807) is 19.9 Å². The molecule has 0 aliphatic carbocycles. The molecule has 0 aromatic heterocycles. The van der Waals surface area contributed by atoms with Gasteiger partial charge in [-0.3, -0.25) is 14.9 Å². The Balaban J connectivity index is 2.12. The summed E-state index contributed by atoms with van der Waals surface area (Å²) in [4.78, 5) is 24.4. The molecule has 0 N–H and O–H groups in total. The lowest BCUT2D eigenvalue weighted by molar-refractivity contribution is -0.385. The maximum atomic E-state index is 11.8. The van der Waals surface area contributed by atoms with Crippen LogP contribution in [0, 0.1) is 23.0 Å². The molecule has 1 atom stereocenters. The third-order valence-corrected chi connectivity index (χ3v) is 3.78. The fourth-order valence-electron chi connectivity index (χ4n) is 2.71. The minimum Gasteiger partial charge on any atom is -0.466 e. The molecular formula is C15H20N2O4. The van der Waals surface area contributed by atoms with E-state index in [2.05, 4.69) is 4.90 Å². The van der Waals surface area contributed by atoms with E-state index in [4.69, 9.17) is 4.74 Å². The highest BCUT2D eigenvalue weighted by Gasteiger charge is 2.27. The van der Waals surface area contributed by atoms with Crippen LogP contribution < -0.4 is 4.90 Å². The number of anilines is 1. The van der Waals surface area contributed by atoms with Crippen LogP contribution in [0.2, 0.25) is 0 Å². The molecule has 1 fully saturated rings. The minimum atomic E-state index is -0.378. The first-order valence-electron chi connectivity index (χ1n) is 7.19. The van der Waals surface area contributed by atoms with E-state index in [0.29, 0.717) is 18.7 Å². The number of benzene rings is 1. The van der Waals surface area contributed by atoms with Crippen molar-refractivity contribution in [3.8, 4) is 0 Å². The second-order valence-corrected chi connectivity index (χ2v) is 5.27. The Morgan fingerprint density at radius 1 is 1.52 bits per heavy atom. The summed E-state index contributed by atoms with van der Waals surface area (Å²) in [7, 11) is 0. The lowest BCUT2D eigenvalue weighted by Gasteiger charge is -2.33. The van der Waals surface area contributed by atoms with Gasteiger partial charge in [-0.1, -0.05) is 0 Å². The Bertz CT molecular complexity index is 544. The zero-order valence-corrected chi connectivity index (χ0v) is 12.4. The van der Waals surface area contributed by atoms with E-state index in [0.717, 1.165) is 25.1 Å². The number of rotatable bonds is 4. The first kappa shape index (κ1) is 15.3. The van der Waals surface area contributed by atoms with Gasteiger partial charge in [0.25, 0.3) is 5.69 Å². The molecular weight excluding hydrogens is 272 g/mol. The summed E-state index contributed by atoms with van der Waals surface area (Å²) in [6, 6.07) is 5.09. The Kier molecular flexibility index (Phi) is 4.77. The summed E-state index contributed by atoms with van der Waals surface area (Å²) in [5, 5.41) is 10.9. The normalized spacial score (nSPS) is 18.4. The van der Waals surface area contributed by atoms with Crippen LogP contribution in [0.5, 0.6) is 0 Å². The topological polar surface area (TPSA) is 72.7 Å². The maximum absolute atomic E-state index is 11.8. The van der Waals surface area contributed by atoms with Gasteiger partial charge >= 0.3 is 5.97 Å². The third kappa shape index (κ3) is 3.51. The molecule has 2 rings (SSSR count). The third-order valence-electron chi connectivity index (χ3n) is 3.78. The molecule has 1 aromatic carbocycles. The van der Waals surface area contributed by atoms with E-state index in [9.17, 15) is 14.9 Å². The smallest absolute Gasteiger partial charge is 0.310 e. The van der Waals surface area contributed by atoms with Crippen molar-refractivity contribution in [2.24, 2.45) is 5.92 Å². The van der Waals surface area contributed by atoms with Gasteiger partial charge in [-0.15, -0.1) is 0 Å². The predicted molar refractivity (Wildman–Crippen MR) is 79.4 cm³/mol. The molecule has 21 heavy (non-hydrogen) atoms. The van der Waals surface area contributed by atoms with E-state index in [1.807, 2.05) is 6.07 Å². The molecule has 1 aromatic rings. The number of hydrogen-bond acceptors (Lipinski definition) is 5. The van der Waals surface area contributed by atoms with Crippen LogP contribution in [0.15, 0.2) is 18.2 Å². The monoisotopic (exact) mass is 292 g/mol. The SMILES string of the molecule is CCOC(=O)[C@H]1CCCN(c2ccc([N+](=O)[O-])c(C)c2)C1. The molecule has 114 valence electrons. The zero-order valence-electron chi connectivity index (χ0n) is 12.4.